The summed E-state index contributed by atoms with van der Waals surface area (Å²) in [5, 5.41) is 15.8. The van der Waals surface area contributed by atoms with E-state index in [4.69, 9.17) is 5.26 Å². The van der Waals surface area contributed by atoms with Crippen molar-refractivity contribution in [2.24, 2.45) is 10.9 Å². The molecule has 0 aromatic carbocycles. The molecular formula is C12H21IN4. The molecule has 0 bridgehead atoms. The van der Waals surface area contributed by atoms with E-state index in [9.17, 15) is 0 Å². The molecule has 0 spiro atoms. The molecule has 17 heavy (non-hydrogen) atoms. The molecule has 96 valence electrons. The minimum absolute atomic E-state index is 0. The number of nitrogens with zero attached hydrogens (tertiary/aromatic N) is 2. The van der Waals surface area contributed by atoms with Crippen LogP contribution in [-0.4, -0.2) is 25.1 Å². The van der Waals surface area contributed by atoms with E-state index in [0.717, 1.165) is 25.2 Å². The van der Waals surface area contributed by atoms with Crippen LogP contribution in [0.15, 0.2) is 4.99 Å². The largest absolute Gasteiger partial charge is 0.354 e. The molecule has 0 radical (unpaired) electrons. The molecule has 0 saturated heterocycles. The fourth-order valence-electron chi connectivity index (χ4n) is 2.38. The Bertz CT molecular complexity index is 306. The van der Waals surface area contributed by atoms with Crippen LogP contribution in [0.2, 0.25) is 0 Å². The summed E-state index contributed by atoms with van der Waals surface area (Å²) in [6.07, 6.45) is 7.06. The lowest BCUT2D eigenvalue weighted by Crippen LogP contribution is -2.50. The second-order valence-electron chi connectivity index (χ2n) is 4.76. The van der Waals surface area contributed by atoms with Crippen molar-refractivity contribution in [1.29, 1.82) is 5.26 Å². The van der Waals surface area contributed by atoms with E-state index in [0.29, 0.717) is 6.04 Å². The van der Waals surface area contributed by atoms with Crippen LogP contribution in [0, 0.1) is 17.2 Å². The van der Waals surface area contributed by atoms with Crippen LogP contribution in [0.1, 0.15) is 38.5 Å². The van der Waals surface area contributed by atoms with Gasteiger partial charge in [0.2, 0.25) is 0 Å². The summed E-state index contributed by atoms with van der Waals surface area (Å²) in [7, 11) is 1.80. The van der Waals surface area contributed by atoms with Crippen LogP contribution < -0.4 is 10.6 Å². The molecule has 2 saturated carbocycles. The molecule has 2 aliphatic carbocycles. The monoisotopic (exact) mass is 348 g/mol. The highest BCUT2D eigenvalue weighted by atomic mass is 127. The van der Waals surface area contributed by atoms with Gasteiger partial charge in [-0.15, -0.1) is 24.0 Å². The smallest absolute Gasteiger partial charge is 0.191 e. The van der Waals surface area contributed by atoms with Gasteiger partial charge in [-0.1, -0.05) is 0 Å². The highest BCUT2D eigenvalue weighted by molar-refractivity contribution is 14.0. The molecule has 4 nitrogen and oxygen atoms in total. The number of nitriles is 1. The van der Waals surface area contributed by atoms with Gasteiger partial charge in [0, 0.05) is 19.1 Å². The first-order valence-electron chi connectivity index (χ1n) is 6.23. The average molecular weight is 348 g/mol. The summed E-state index contributed by atoms with van der Waals surface area (Å²) in [6, 6.07) is 3.26. The molecule has 2 aliphatic rings. The zero-order valence-corrected chi connectivity index (χ0v) is 12.6. The topological polar surface area (TPSA) is 60.2 Å². The summed E-state index contributed by atoms with van der Waals surface area (Å²) >= 11 is 0. The zero-order chi connectivity index (χ0) is 11.4. The van der Waals surface area contributed by atoms with Crippen molar-refractivity contribution in [2.75, 3.05) is 7.05 Å². The molecule has 2 rings (SSSR count). The fraction of sp³-hybridized carbons (Fsp3) is 0.833. The van der Waals surface area contributed by atoms with Gasteiger partial charge < -0.3 is 10.6 Å². The molecule has 2 atom stereocenters. The molecule has 0 aliphatic heterocycles. The van der Waals surface area contributed by atoms with Crippen molar-refractivity contribution >= 4 is 29.9 Å². The summed E-state index contributed by atoms with van der Waals surface area (Å²) in [5.41, 5.74) is 0. The van der Waals surface area contributed by atoms with Crippen molar-refractivity contribution in [3.8, 4) is 6.07 Å². The lowest BCUT2D eigenvalue weighted by atomic mass is 9.93. The second kappa shape index (κ2) is 7.04. The van der Waals surface area contributed by atoms with Crippen LogP contribution in [0.25, 0.3) is 0 Å². The van der Waals surface area contributed by atoms with E-state index >= 15 is 0 Å². The van der Waals surface area contributed by atoms with Gasteiger partial charge in [-0.05, 0) is 38.5 Å². The van der Waals surface area contributed by atoms with E-state index < -0.39 is 0 Å². The normalized spacial score (nSPS) is 28.8. The minimum atomic E-state index is 0. The predicted molar refractivity (Wildman–Crippen MR) is 79.4 cm³/mol. The third kappa shape index (κ3) is 3.73. The number of rotatable bonds is 2. The van der Waals surface area contributed by atoms with Crippen LogP contribution in [0.3, 0.4) is 0 Å². The van der Waals surface area contributed by atoms with Gasteiger partial charge in [-0.2, -0.15) is 5.26 Å². The molecule has 2 N–H and O–H groups in total. The van der Waals surface area contributed by atoms with E-state index in [1.807, 2.05) is 0 Å². The van der Waals surface area contributed by atoms with Gasteiger partial charge in [0.1, 0.15) is 0 Å². The lowest BCUT2D eigenvalue weighted by Gasteiger charge is -2.29. The maximum Gasteiger partial charge on any atom is 0.191 e. The number of halogens is 1. The van der Waals surface area contributed by atoms with Gasteiger partial charge in [0.25, 0.3) is 0 Å². The van der Waals surface area contributed by atoms with Crippen molar-refractivity contribution in [1.82, 2.24) is 10.6 Å². The Labute approximate surface area is 120 Å². The van der Waals surface area contributed by atoms with E-state index in [-0.39, 0.29) is 35.9 Å². The van der Waals surface area contributed by atoms with Gasteiger partial charge in [-0.3, -0.25) is 4.99 Å². The van der Waals surface area contributed by atoms with Crippen LogP contribution >= 0.6 is 24.0 Å². The maximum absolute atomic E-state index is 9.01. The van der Waals surface area contributed by atoms with E-state index in [1.165, 1.54) is 19.3 Å². The lowest BCUT2D eigenvalue weighted by molar-refractivity contribution is 0.376. The first kappa shape index (κ1) is 14.6. The molecule has 2 unspecified atom stereocenters. The first-order chi connectivity index (χ1) is 7.83. The Balaban J connectivity index is 0.00000144. The Hall–Kier alpha value is -0.510. The SMILES string of the molecule is CN=C(NC1CCC1)NC1CCCC1C#N.I. The Kier molecular flexibility index (Phi) is 6.03. The van der Waals surface area contributed by atoms with Crippen molar-refractivity contribution in [3.63, 3.8) is 0 Å². The molecule has 0 aromatic rings. The number of guanidine groups is 1. The second-order valence-corrected chi connectivity index (χ2v) is 4.76. The first-order valence-corrected chi connectivity index (χ1v) is 6.23. The van der Waals surface area contributed by atoms with Gasteiger partial charge in [-0.25, -0.2) is 0 Å². The molecule has 5 heteroatoms. The summed E-state index contributed by atoms with van der Waals surface area (Å²) in [4.78, 5) is 4.23. The summed E-state index contributed by atoms with van der Waals surface area (Å²) in [6.45, 7) is 0. The third-order valence-corrected chi connectivity index (χ3v) is 3.67. The highest BCUT2D eigenvalue weighted by Crippen LogP contribution is 2.25. The summed E-state index contributed by atoms with van der Waals surface area (Å²) < 4.78 is 0. The number of hydrogen-bond donors (Lipinski definition) is 2. The standard InChI is InChI=1S/C12H20N4.HI/c1-14-12(15-10-5-3-6-10)16-11-7-2-4-9(11)8-13;/h9-11H,2-7H2,1H3,(H2,14,15,16);1H. The molecule has 0 heterocycles. The van der Waals surface area contributed by atoms with Gasteiger partial charge >= 0.3 is 0 Å². The Morgan fingerprint density at radius 3 is 2.41 bits per heavy atom. The van der Waals surface area contributed by atoms with Crippen LogP contribution in [-0.2, 0) is 0 Å². The van der Waals surface area contributed by atoms with Crippen LogP contribution in [0.4, 0.5) is 0 Å². The van der Waals surface area contributed by atoms with Crippen molar-refractivity contribution in [3.05, 3.63) is 0 Å². The predicted octanol–water partition coefficient (Wildman–Crippen LogP) is 2.01. The number of aliphatic imine (C=N–C) groups is 1. The molecular weight excluding hydrogens is 327 g/mol. The molecule has 2 fully saturated rings. The van der Waals surface area contributed by atoms with E-state index in [2.05, 4.69) is 21.7 Å². The Morgan fingerprint density at radius 2 is 1.88 bits per heavy atom. The quantitative estimate of drug-likeness (QED) is 0.456. The maximum atomic E-state index is 9.01. The molecule has 0 amide bonds. The van der Waals surface area contributed by atoms with Gasteiger partial charge in [0.15, 0.2) is 5.96 Å². The minimum Gasteiger partial charge on any atom is -0.354 e. The summed E-state index contributed by atoms with van der Waals surface area (Å²) in [5.74, 6) is 1.02. The highest BCUT2D eigenvalue weighted by Gasteiger charge is 2.28. The number of nitrogens with one attached hydrogen (secondary N) is 2. The van der Waals surface area contributed by atoms with Crippen molar-refractivity contribution < 1.29 is 0 Å². The molecule has 0 aromatic heterocycles. The van der Waals surface area contributed by atoms with Crippen molar-refractivity contribution in [2.45, 2.75) is 50.6 Å². The van der Waals surface area contributed by atoms with Crippen LogP contribution in [0.5, 0.6) is 0 Å². The number of hydrogen-bond acceptors (Lipinski definition) is 2. The zero-order valence-electron chi connectivity index (χ0n) is 10.3. The fourth-order valence-corrected chi connectivity index (χ4v) is 2.38. The average Bonchev–Trinajstić information content (AvgIpc) is 2.68. The van der Waals surface area contributed by atoms with E-state index in [1.54, 1.807) is 7.05 Å². The van der Waals surface area contributed by atoms with Gasteiger partial charge in [0.05, 0.1) is 12.0 Å². The Morgan fingerprint density at radius 1 is 1.18 bits per heavy atom. The third-order valence-electron chi connectivity index (χ3n) is 3.67.